The number of aliphatic hydroxyl groups is 1. The molecule has 3 aromatic rings. The second-order valence-electron chi connectivity index (χ2n) is 10.6. The summed E-state index contributed by atoms with van der Waals surface area (Å²) < 4.78 is 11.1. The van der Waals surface area contributed by atoms with E-state index in [1.807, 2.05) is 84.9 Å². The second kappa shape index (κ2) is 14.4. The van der Waals surface area contributed by atoms with Crippen molar-refractivity contribution in [3.05, 3.63) is 107 Å². The van der Waals surface area contributed by atoms with Crippen LogP contribution in [0.25, 0.3) is 0 Å². The summed E-state index contributed by atoms with van der Waals surface area (Å²) in [5.74, 6) is 0. The molecule has 0 unspecified atom stereocenters. The molecule has 7 heteroatoms. The van der Waals surface area contributed by atoms with Crippen LogP contribution >= 0.6 is 0 Å². The summed E-state index contributed by atoms with van der Waals surface area (Å²) in [4.78, 5) is 27.4. The van der Waals surface area contributed by atoms with E-state index < -0.39 is 29.9 Å². The molecule has 2 atom stereocenters. The molecule has 0 saturated carbocycles. The highest BCUT2D eigenvalue weighted by molar-refractivity contribution is 5.69. The van der Waals surface area contributed by atoms with Gasteiger partial charge in [0.15, 0.2) is 0 Å². The fourth-order valence-corrected chi connectivity index (χ4v) is 4.15. The highest BCUT2D eigenvalue weighted by Crippen LogP contribution is 2.15. The lowest BCUT2D eigenvalue weighted by Crippen LogP contribution is -2.51. The summed E-state index contributed by atoms with van der Waals surface area (Å²) in [7, 11) is 0. The van der Waals surface area contributed by atoms with E-state index >= 15 is 0 Å². The number of hydrogen-bond acceptors (Lipinski definition) is 5. The number of benzene rings is 3. The van der Waals surface area contributed by atoms with Gasteiger partial charge in [-0.25, -0.2) is 9.59 Å². The van der Waals surface area contributed by atoms with Crippen LogP contribution in [0, 0.1) is 0 Å². The smallest absolute Gasteiger partial charge is 0.410 e. The number of aryl methyl sites for hydroxylation is 1. The van der Waals surface area contributed by atoms with Crippen molar-refractivity contribution in [1.29, 1.82) is 0 Å². The van der Waals surface area contributed by atoms with Gasteiger partial charge < -0.3 is 24.8 Å². The fraction of sp³-hybridized carbons (Fsp3) is 0.375. The molecule has 0 aliphatic rings. The molecule has 3 rings (SSSR count). The van der Waals surface area contributed by atoms with Gasteiger partial charge in [0, 0.05) is 6.54 Å². The van der Waals surface area contributed by atoms with Crippen molar-refractivity contribution in [2.24, 2.45) is 0 Å². The molecule has 0 aliphatic carbocycles. The third kappa shape index (κ3) is 10.4. The van der Waals surface area contributed by atoms with E-state index in [0.717, 1.165) is 28.7 Å². The van der Waals surface area contributed by atoms with Crippen molar-refractivity contribution in [3.63, 3.8) is 0 Å². The maximum Gasteiger partial charge on any atom is 0.410 e. The normalized spacial score (nSPS) is 12.7. The molecule has 39 heavy (non-hydrogen) atoms. The fourth-order valence-electron chi connectivity index (χ4n) is 4.15. The zero-order chi connectivity index (χ0) is 28.3. The molecule has 2 amide bonds. The van der Waals surface area contributed by atoms with Crippen LogP contribution in [0.1, 0.15) is 49.9 Å². The Morgan fingerprint density at radius 2 is 1.46 bits per heavy atom. The molecule has 3 aromatic carbocycles. The monoisotopic (exact) mass is 532 g/mol. The van der Waals surface area contributed by atoms with Gasteiger partial charge in [-0.1, -0.05) is 91.9 Å². The predicted molar refractivity (Wildman–Crippen MR) is 152 cm³/mol. The van der Waals surface area contributed by atoms with Gasteiger partial charge in [-0.3, -0.25) is 0 Å². The zero-order valence-electron chi connectivity index (χ0n) is 23.3. The number of hydrogen-bond donors (Lipinski definition) is 2. The number of nitrogens with zero attached hydrogens (tertiary/aromatic N) is 1. The molecule has 0 spiro atoms. The van der Waals surface area contributed by atoms with Crippen molar-refractivity contribution in [1.82, 2.24) is 10.2 Å². The molecule has 0 heterocycles. The molecular formula is C32H40N2O5. The third-order valence-electron chi connectivity index (χ3n) is 6.11. The van der Waals surface area contributed by atoms with E-state index in [1.54, 1.807) is 20.8 Å². The topological polar surface area (TPSA) is 88.1 Å². The van der Waals surface area contributed by atoms with Crippen LogP contribution < -0.4 is 5.32 Å². The zero-order valence-corrected chi connectivity index (χ0v) is 23.3. The molecule has 7 nitrogen and oxygen atoms in total. The Balaban J connectivity index is 1.77. The summed E-state index contributed by atoms with van der Waals surface area (Å²) in [6.07, 6.45) is -1.01. The summed E-state index contributed by atoms with van der Waals surface area (Å²) in [6.45, 7) is 7.74. The van der Waals surface area contributed by atoms with E-state index in [0.29, 0.717) is 6.42 Å². The molecule has 0 radical (unpaired) electrons. The average molecular weight is 533 g/mol. The van der Waals surface area contributed by atoms with Gasteiger partial charge in [0.2, 0.25) is 0 Å². The van der Waals surface area contributed by atoms with E-state index in [-0.39, 0.29) is 19.7 Å². The largest absolute Gasteiger partial charge is 0.445 e. The molecule has 208 valence electrons. The Kier molecular flexibility index (Phi) is 10.9. The van der Waals surface area contributed by atoms with Crippen LogP contribution in [0.5, 0.6) is 0 Å². The first-order valence-corrected chi connectivity index (χ1v) is 13.4. The quantitative estimate of drug-likeness (QED) is 0.322. The second-order valence-corrected chi connectivity index (χ2v) is 10.6. The first-order chi connectivity index (χ1) is 18.6. The summed E-state index contributed by atoms with van der Waals surface area (Å²) in [6, 6.07) is 26.3. The third-order valence-corrected chi connectivity index (χ3v) is 6.11. The first-order valence-electron chi connectivity index (χ1n) is 13.4. The summed E-state index contributed by atoms with van der Waals surface area (Å²) in [5.41, 5.74) is 3.21. The minimum Gasteiger partial charge on any atom is -0.445 e. The molecule has 0 aliphatic heterocycles. The number of ether oxygens (including phenoxy) is 2. The first kappa shape index (κ1) is 29.7. The Morgan fingerprint density at radius 1 is 0.872 bits per heavy atom. The Labute approximate surface area is 231 Å². The van der Waals surface area contributed by atoms with Crippen molar-refractivity contribution in [3.8, 4) is 0 Å². The molecule has 2 N–H and O–H groups in total. The van der Waals surface area contributed by atoms with E-state index in [9.17, 15) is 14.7 Å². The van der Waals surface area contributed by atoms with Crippen LogP contribution in [-0.2, 0) is 35.5 Å². The average Bonchev–Trinajstić information content (AvgIpc) is 2.91. The Bertz CT molecular complexity index is 1180. The highest BCUT2D eigenvalue weighted by Gasteiger charge is 2.29. The van der Waals surface area contributed by atoms with Gasteiger partial charge in [-0.05, 0) is 55.9 Å². The minimum absolute atomic E-state index is 0.0456. The lowest BCUT2D eigenvalue weighted by molar-refractivity contribution is 0.0327. The molecule has 0 saturated heterocycles. The number of alkyl carbamates (subject to hydrolysis) is 1. The van der Waals surface area contributed by atoms with Crippen molar-refractivity contribution in [2.75, 3.05) is 6.54 Å². The van der Waals surface area contributed by atoms with Crippen LogP contribution in [0.4, 0.5) is 9.59 Å². The number of amides is 2. The van der Waals surface area contributed by atoms with Crippen molar-refractivity contribution < 1.29 is 24.2 Å². The molecule has 0 fully saturated rings. The van der Waals surface area contributed by atoms with E-state index in [1.165, 1.54) is 4.90 Å². The van der Waals surface area contributed by atoms with Crippen LogP contribution in [-0.4, -0.2) is 46.5 Å². The predicted octanol–water partition coefficient (Wildman–Crippen LogP) is 5.88. The van der Waals surface area contributed by atoms with Crippen LogP contribution in [0.3, 0.4) is 0 Å². The number of carbonyl (C=O) groups excluding carboxylic acids is 2. The van der Waals surface area contributed by atoms with Crippen molar-refractivity contribution >= 4 is 12.2 Å². The van der Waals surface area contributed by atoms with Crippen molar-refractivity contribution in [2.45, 2.75) is 71.4 Å². The number of nitrogens with one attached hydrogen (secondary N) is 1. The lowest BCUT2D eigenvalue weighted by atomic mass is 10.0. The van der Waals surface area contributed by atoms with Gasteiger partial charge in [-0.2, -0.15) is 0 Å². The number of carbonyl (C=O) groups is 2. The molecular weight excluding hydrogens is 492 g/mol. The summed E-state index contributed by atoms with van der Waals surface area (Å²) >= 11 is 0. The van der Waals surface area contributed by atoms with E-state index in [2.05, 4.69) is 12.2 Å². The minimum atomic E-state index is -1.09. The van der Waals surface area contributed by atoms with Gasteiger partial charge in [-0.15, -0.1) is 0 Å². The van der Waals surface area contributed by atoms with Crippen LogP contribution in [0.15, 0.2) is 84.9 Å². The van der Waals surface area contributed by atoms with Gasteiger partial charge in [0.1, 0.15) is 12.2 Å². The maximum absolute atomic E-state index is 13.3. The van der Waals surface area contributed by atoms with Gasteiger partial charge in [0.05, 0.1) is 18.7 Å². The summed E-state index contributed by atoms with van der Waals surface area (Å²) in [5, 5.41) is 14.2. The number of aliphatic hydroxyl groups excluding tert-OH is 1. The van der Waals surface area contributed by atoms with Crippen LogP contribution in [0.2, 0.25) is 0 Å². The standard InChI is InChI=1S/C32H40N2O5/c1-5-24-17-12-18-27(19-24)23-38-31(37)34(21-26-15-10-7-11-16-26)22-29(35)28(20-25-13-8-6-9-14-25)33-30(36)39-32(2,3)4/h6-19,28-29,35H,5,20-23H2,1-4H3,(H,33,36)/t28-,29+/m0/s1. The lowest BCUT2D eigenvalue weighted by Gasteiger charge is -2.30. The highest BCUT2D eigenvalue weighted by atomic mass is 16.6. The SMILES string of the molecule is CCc1cccc(COC(=O)N(Cc2ccccc2)C[C@@H](O)[C@H](Cc2ccccc2)NC(=O)OC(C)(C)C)c1. The Hall–Kier alpha value is -3.84. The molecule has 0 bridgehead atoms. The van der Waals surface area contributed by atoms with E-state index in [4.69, 9.17) is 9.47 Å². The van der Waals surface area contributed by atoms with Gasteiger partial charge >= 0.3 is 12.2 Å². The maximum atomic E-state index is 13.3. The molecule has 0 aromatic heterocycles. The number of rotatable bonds is 11. The van der Waals surface area contributed by atoms with Gasteiger partial charge in [0.25, 0.3) is 0 Å². The Morgan fingerprint density at radius 3 is 2.08 bits per heavy atom.